The van der Waals surface area contributed by atoms with Crippen LogP contribution in [0.5, 0.6) is 0 Å². The van der Waals surface area contributed by atoms with E-state index in [0.717, 1.165) is 45.8 Å². The van der Waals surface area contributed by atoms with E-state index in [1.54, 1.807) is 0 Å². The van der Waals surface area contributed by atoms with Gasteiger partial charge in [-0.15, -0.1) is 0 Å². The van der Waals surface area contributed by atoms with Crippen LogP contribution in [0, 0.1) is 17.8 Å². The molecule has 2 aliphatic heterocycles. The van der Waals surface area contributed by atoms with Crippen molar-refractivity contribution in [2.75, 3.05) is 59.0 Å². The Balaban J connectivity index is 1.71. The highest BCUT2D eigenvalue weighted by molar-refractivity contribution is 5.78. The summed E-state index contributed by atoms with van der Waals surface area (Å²) in [5.74, 6) is 1.27. The Kier molecular flexibility index (Phi) is 7.69. The van der Waals surface area contributed by atoms with Gasteiger partial charge in [0.2, 0.25) is 5.91 Å². The van der Waals surface area contributed by atoms with Gasteiger partial charge in [-0.2, -0.15) is 0 Å². The minimum absolute atomic E-state index is 0.0931. The SMILES string of the molecule is CCOC(=O)[C@@H](C)CN1CCN(CC(=O)N2C[C@H](C)C[C@H](C)C2)CC1. The molecular formula is C19H35N3O3. The fourth-order valence-electron chi connectivity index (χ4n) is 4.03. The van der Waals surface area contributed by atoms with Crippen molar-refractivity contribution in [3.05, 3.63) is 0 Å². The second-order valence-electron chi connectivity index (χ2n) is 7.97. The van der Waals surface area contributed by atoms with Crippen LogP contribution in [0.3, 0.4) is 0 Å². The number of esters is 1. The lowest BCUT2D eigenvalue weighted by molar-refractivity contribution is -0.148. The maximum absolute atomic E-state index is 12.6. The normalized spacial score (nSPS) is 27.1. The first kappa shape index (κ1) is 20.2. The highest BCUT2D eigenvalue weighted by atomic mass is 16.5. The Morgan fingerprint density at radius 3 is 2.16 bits per heavy atom. The van der Waals surface area contributed by atoms with E-state index in [0.29, 0.717) is 25.0 Å². The molecule has 6 heteroatoms. The van der Waals surface area contributed by atoms with E-state index in [9.17, 15) is 9.59 Å². The van der Waals surface area contributed by atoms with E-state index in [4.69, 9.17) is 4.74 Å². The first-order valence-electron chi connectivity index (χ1n) is 9.78. The highest BCUT2D eigenvalue weighted by Crippen LogP contribution is 2.21. The number of likely N-dealkylation sites (tertiary alicyclic amines) is 1. The maximum Gasteiger partial charge on any atom is 0.309 e. The van der Waals surface area contributed by atoms with Crippen LogP contribution in [-0.2, 0) is 14.3 Å². The molecule has 3 atom stereocenters. The molecule has 0 aromatic carbocycles. The summed E-state index contributed by atoms with van der Waals surface area (Å²) in [5, 5.41) is 0. The van der Waals surface area contributed by atoms with Gasteiger partial charge in [0.25, 0.3) is 0 Å². The third-order valence-corrected chi connectivity index (χ3v) is 5.27. The second kappa shape index (κ2) is 9.53. The summed E-state index contributed by atoms with van der Waals surface area (Å²) >= 11 is 0. The number of piperidine rings is 1. The number of carbonyl (C=O) groups is 2. The van der Waals surface area contributed by atoms with Crippen LogP contribution in [0.25, 0.3) is 0 Å². The molecule has 2 rings (SSSR count). The predicted octanol–water partition coefficient (Wildman–Crippen LogP) is 1.31. The molecule has 0 bridgehead atoms. The summed E-state index contributed by atoms with van der Waals surface area (Å²) in [6.45, 7) is 15.3. The van der Waals surface area contributed by atoms with Crippen molar-refractivity contribution in [3.8, 4) is 0 Å². The van der Waals surface area contributed by atoms with Crippen LogP contribution < -0.4 is 0 Å². The monoisotopic (exact) mass is 353 g/mol. The van der Waals surface area contributed by atoms with Gasteiger partial charge >= 0.3 is 5.97 Å². The van der Waals surface area contributed by atoms with E-state index < -0.39 is 0 Å². The smallest absolute Gasteiger partial charge is 0.309 e. The summed E-state index contributed by atoms with van der Waals surface area (Å²) in [6.07, 6.45) is 1.22. The van der Waals surface area contributed by atoms with Crippen molar-refractivity contribution < 1.29 is 14.3 Å². The summed E-state index contributed by atoms with van der Waals surface area (Å²) in [5.41, 5.74) is 0. The second-order valence-corrected chi connectivity index (χ2v) is 7.97. The quantitative estimate of drug-likeness (QED) is 0.674. The third kappa shape index (κ3) is 6.26. The average molecular weight is 354 g/mol. The van der Waals surface area contributed by atoms with E-state index in [2.05, 4.69) is 23.6 Å². The zero-order valence-corrected chi connectivity index (χ0v) is 16.4. The first-order valence-corrected chi connectivity index (χ1v) is 9.78. The number of hydrogen-bond donors (Lipinski definition) is 0. The van der Waals surface area contributed by atoms with Crippen LogP contribution >= 0.6 is 0 Å². The molecule has 144 valence electrons. The fraction of sp³-hybridized carbons (Fsp3) is 0.895. The van der Waals surface area contributed by atoms with Crippen LogP contribution in [-0.4, -0.2) is 85.5 Å². The van der Waals surface area contributed by atoms with Gasteiger partial charge in [0.1, 0.15) is 0 Å². The van der Waals surface area contributed by atoms with Crippen molar-refractivity contribution in [2.24, 2.45) is 17.8 Å². The van der Waals surface area contributed by atoms with E-state index in [1.165, 1.54) is 6.42 Å². The molecule has 6 nitrogen and oxygen atoms in total. The summed E-state index contributed by atoms with van der Waals surface area (Å²) in [6, 6.07) is 0. The van der Waals surface area contributed by atoms with Crippen molar-refractivity contribution in [1.82, 2.24) is 14.7 Å². The van der Waals surface area contributed by atoms with E-state index in [1.807, 2.05) is 18.7 Å². The maximum atomic E-state index is 12.6. The average Bonchev–Trinajstić information content (AvgIpc) is 2.56. The molecule has 2 saturated heterocycles. The lowest BCUT2D eigenvalue weighted by Gasteiger charge is -2.38. The standard InChI is InChI=1S/C19H35N3O3/c1-5-25-19(24)17(4)13-20-6-8-21(9-7-20)14-18(23)22-11-15(2)10-16(3)12-22/h15-17H,5-14H2,1-4H3/t15-,16+,17-/m0/s1. The zero-order chi connectivity index (χ0) is 18.4. The molecule has 2 fully saturated rings. The lowest BCUT2D eigenvalue weighted by atomic mass is 9.92. The summed E-state index contributed by atoms with van der Waals surface area (Å²) in [4.78, 5) is 30.9. The minimum Gasteiger partial charge on any atom is -0.466 e. The molecule has 0 spiro atoms. The molecule has 0 N–H and O–H groups in total. The van der Waals surface area contributed by atoms with Crippen molar-refractivity contribution in [1.29, 1.82) is 0 Å². The Labute approximate surface area is 152 Å². The van der Waals surface area contributed by atoms with Gasteiger partial charge in [-0.3, -0.25) is 19.4 Å². The van der Waals surface area contributed by atoms with Gasteiger partial charge in [0.15, 0.2) is 0 Å². The number of rotatable bonds is 6. The number of hydrogen-bond acceptors (Lipinski definition) is 5. The molecule has 0 radical (unpaired) electrons. The summed E-state index contributed by atoms with van der Waals surface area (Å²) in [7, 11) is 0. The molecule has 0 aliphatic carbocycles. The number of piperazine rings is 1. The highest BCUT2D eigenvalue weighted by Gasteiger charge is 2.28. The predicted molar refractivity (Wildman–Crippen MR) is 98.2 cm³/mol. The summed E-state index contributed by atoms with van der Waals surface area (Å²) < 4.78 is 5.08. The number of amides is 1. The Hall–Kier alpha value is -1.14. The molecule has 1 amide bonds. The molecule has 0 aromatic rings. The van der Waals surface area contributed by atoms with Gasteiger partial charge in [-0.25, -0.2) is 0 Å². The van der Waals surface area contributed by atoms with Crippen LogP contribution in [0.15, 0.2) is 0 Å². The molecule has 2 aliphatic rings. The molecular weight excluding hydrogens is 318 g/mol. The van der Waals surface area contributed by atoms with Crippen LogP contribution in [0.4, 0.5) is 0 Å². The molecule has 0 saturated carbocycles. The molecule has 0 unspecified atom stereocenters. The lowest BCUT2D eigenvalue weighted by Crippen LogP contribution is -2.52. The van der Waals surface area contributed by atoms with E-state index in [-0.39, 0.29) is 17.8 Å². The Morgan fingerprint density at radius 1 is 1.04 bits per heavy atom. The molecule has 0 aromatic heterocycles. The zero-order valence-electron chi connectivity index (χ0n) is 16.4. The van der Waals surface area contributed by atoms with Gasteiger partial charge in [-0.1, -0.05) is 20.8 Å². The number of ether oxygens (including phenoxy) is 1. The molecule has 25 heavy (non-hydrogen) atoms. The fourth-order valence-corrected chi connectivity index (χ4v) is 4.03. The van der Waals surface area contributed by atoms with Gasteiger partial charge in [0, 0.05) is 45.8 Å². The molecule has 2 heterocycles. The van der Waals surface area contributed by atoms with Gasteiger partial charge < -0.3 is 9.64 Å². The van der Waals surface area contributed by atoms with Gasteiger partial charge in [-0.05, 0) is 25.2 Å². The number of carbonyl (C=O) groups excluding carboxylic acids is 2. The first-order chi connectivity index (χ1) is 11.9. The Morgan fingerprint density at radius 2 is 1.60 bits per heavy atom. The third-order valence-electron chi connectivity index (χ3n) is 5.27. The van der Waals surface area contributed by atoms with Crippen LogP contribution in [0.1, 0.15) is 34.1 Å². The largest absolute Gasteiger partial charge is 0.466 e. The number of nitrogens with zero attached hydrogens (tertiary/aromatic N) is 3. The van der Waals surface area contributed by atoms with Gasteiger partial charge in [0.05, 0.1) is 19.1 Å². The van der Waals surface area contributed by atoms with Crippen LogP contribution in [0.2, 0.25) is 0 Å². The van der Waals surface area contributed by atoms with Crippen molar-refractivity contribution in [2.45, 2.75) is 34.1 Å². The van der Waals surface area contributed by atoms with Crippen molar-refractivity contribution in [3.63, 3.8) is 0 Å². The minimum atomic E-state index is -0.117. The van der Waals surface area contributed by atoms with E-state index >= 15 is 0 Å². The topological polar surface area (TPSA) is 53.1 Å². The Bertz CT molecular complexity index is 439. The van der Waals surface area contributed by atoms with Crippen molar-refractivity contribution >= 4 is 11.9 Å².